The van der Waals surface area contributed by atoms with Crippen LogP contribution in [0, 0.1) is 0 Å². The first-order valence-electron chi connectivity index (χ1n) is 7.36. The molecule has 122 valence electrons. The van der Waals surface area contributed by atoms with Crippen molar-refractivity contribution in [3.8, 4) is 11.1 Å². The van der Waals surface area contributed by atoms with Crippen molar-refractivity contribution in [2.75, 3.05) is 6.61 Å². The molecule has 1 aliphatic rings. The molecule has 0 radical (unpaired) electrons. The topological polar surface area (TPSA) is 52.3 Å². The molecular formula is C18H19Cl2NO2. The summed E-state index contributed by atoms with van der Waals surface area (Å²) in [7, 11) is 0. The van der Waals surface area contributed by atoms with E-state index in [4.69, 9.17) is 22.1 Å². The van der Waals surface area contributed by atoms with Gasteiger partial charge < -0.3 is 10.5 Å². The number of carbonyl (C=O) groups excluding carboxylic acids is 1. The summed E-state index contributed by atoms with van der Waals surface area (Å²) in [5, 5.41) is 0.716. The molecule has 2 aromatic rings. The van der Waals surface area contributed by atoms with Crippen LogP contribution in [0.3, 0.4) is 0 Å². The normalized spacial score (nSPS) is 18.9. The fourth-order valence-corrected chi connectivity index (χ4v) is 3.07. The standard InChI is InChI=1S/C18H18ClNO2.ClH/c1-2-22-17(21)18(20)10-14-4-3-13(9-15(14)11-18)12-5-7-16(19)8-6-12;/h3-9H,2,10-11,20H2,1H3;1H. The van der Waals surface area contributed by atoms with E-state index in [9.17, 15) is 4.79 Å². The smallest absolute Gasteiger partial charge is 0.326 e. The molecule has 0 aliphatic heterocycles. The Kier molecular flexibility index (Phi) is 5.35. The average molecular weight is 352 g/mol. The van der Waals surface area contributed by atoms with Gasteiger partial charge in [-0.25, -0.2) is 0 Å². The molecule has 0 bridgehead atoms. The number of hydrogen-bond donors (Lipinski definition) is 1. The van der Waals surface area contributed by atoms with Crippen LogP contribution in [0.15, 0.2) is 42.5 Å². The van der Waals surface area contributed by atoms with Crippen LogP contribution in [-0.2, 0) is 22.4 Å². The molecule has 0 spiro atoms. The van der Waals surface area contributed by atoms with Gasteiger partial charge in [-0.2, -0.15) is 0 Å². The molecule has 0 heterocycles. The van der Waals surface area contributed by atoms with E-state index in [1.807, 2.05) is 30.3 Å². The van der Waals surface area contributed by atoms with Crippen molar-refractivity contribution in [2.24, 2.45) is 5.73 Å². The highest BCUT2D eigenvalue weighted by Crippen LogP contribution is 2.33. The number of rotatable bonds is 3. The van der Waals surface area contributed by atoms with Crippen molar-refractivity contribution in [1.29, 1.82) is 0 Å². The van der Waals surface area contributed by atoms with E-state index < -0.39 is 5.54 Å². The predicted octanol–water partition coefficient (Wildman–Crippen LogP) is 3.79. The minimum atomic E-state index is -0.934. The average Bonchev–Trinajstić information content (AvgIpc) is 2.85. The summed E-state index contributed by atoms with van der Waals surface area (Å²) in [6, 6.07) is 13.9. The van der Waals surface area contributed by atoms with Gasteiger partial charge in [-0.15, -0.1) is 12.4 Å². The number of carbonyl (C=O) groups is 1. The van der Waals surface area contributed by atoms with Gasteiger partial charge in [-0.3, -0.25) is 4.79 Å². The largest absolute Gasteiger partial charge is 0.465 e. The van der Waals surface area contributed by atoms with E-state index in [2.05, 4.69) is 12.1 Å². The molecule has 0 amide bonds. The predicted molar refractivity (Wildman–Crippen MR) is 95.1 cm³/mol. The van der Waals surface area contributed by atoms with Crippen molar-refractivity contribution in [3.05, 3.63) is 58.6 Å². The van der Waals surface area contributed by atoms with Crippen LogP contribution >= 0.6 is 24.0 Å². The van der Waals surface area contributed by atoms with Crippen LogP contribution in [0.4, 0.5) is 0 Å². The lowest BCUT2D eigenvalue weighted by Crippen LogP contribution is -2.50. The van der Waals surface area contributed by atoms with Gasteiger partial charge in [0.15, 0.2) is 0 Å². The van der Waals surface area contributed by atoms with Crippen LogP contribution in [0.2, 0.25) is 5.02 Å². The number of benzene rings is 2. The Labute approximate surface area is 147 Å². The number of esters is 1. The molecular weight excluding hydrogens is 333 g/mol. The van der Waals surface area contributed by atoms with Crippen molar-refractivity contribution >= 4 is 30.0 Å². The van der Waals surface area contributed by atoms with Gasteiger partial charge in [0.05, 0.1) is 6.61 Å². The Morgan fingerprint density at radius 2 is 1.74 bits per heavy atom. The van der Waals surface area contributed by atoms with Gasteiger partial charge in [0.2, 0.25) is 0 Å². The molecule has 3 nitrogen and oxygen atoms in total. The molecule has 2 N–H and O–H groups in total. The number of ether oxygens (including phenoxy) is 1. The van der Waals surface area contributed by atoms with Crippen LogP contribution in [0.1, 0.15) is 18.1 Å². The second kappa shape index (κ2) is 6.91. The lowest BCUT2D eigenvalue weighted by molar-refractivity contribution is -0.149. The van der Waals surface area contributed by atoms with Crippen molar-refractivity contribution in [3.63, 3.8) is 0 Å². The Morgan fingerprint density at radius 3 is 2.39 bits per heavy atom. The third kappa shape index (κ3) is 3.52. The van der Waals surface area contributed by atoms with E-state index in [0.717, 1.165) is 22.3 Å². The van der Waals surface area contributed by atoms with Crippen LogP contribution in [0.5, 0.6) is 0 Å². The minimum absolute atomic E-state index is 0. The molecule has 0 fully saturated rings. The van der Waals surface area contributed by atoms with E-state index in [1.54, 1.807) is 6.92 Å². The fraction of sp³-hybridized carbons (Fsp3) is 0.278. The first-order valence-corrected chi connectivity index (χ1v) is 7.73. The van der Waals surface area contributed by atoms with Crippen molar-refractivity contribution in [1.82, 2.24) is 0 Å². The molecule has 1 atom stereocenters. The molecule has 2 aromatic carbocycles. The van der Waals surface area contributed by atoms with Crippen LogP contribution in [-0.4, -0.2) is 18.1 Å². The second-order valence-corrected chi connectivity index (χ2v) is 6.16. The molecule has 0 aromatic heterocycles. The van der Waals surface area contributed by atoms with E-state index in [0.29, 0.717) is 24.5 Å². The van der Waals surface area contributed by atoms with Crippen molar-refractivity contribution < 1.29 is 9.53 Å². The van der Waals surface area contributed by atoms with E-state index in [-0.39, 0.29) is 18.4 Å². The molecule has 23 heavy (non-hydrogen) atoms. The quantitative estimate of drug-likeness (QED) is 0.855. The lowest BCUT2D eigenvalue weighted by atomic mass is 9.97. The molecule has 0 saturated carbocycles. The Morgan fingerprint density at radius 1 is 1.13 bits per heavy atom. The lowest BCUT2D eigenvalue weighted by Gasteiger charge is -2.20. The zero-order chi connectivity index (χ0) is 15.7. The molecule has 5 heteroatoms. The maximum absolute atomic E-state index is 12.1. The van der Waals surface area contributed by atoms with E-state index in [1.165, 1.54) is 0 Å². The van der Waals surface area contributed by atoms with Gasteiger partial charge >= 0.3 is 5.97 Å². The highest BCUT2D eigenvalue weighted by molar-refractivity contribution is 6.30. The third-order valence-corrected chi connectivity index (χ3v) is 4.33. The van der Waals surface area contributed by atoms with Crippen molar-refractivity contribution in [2.45, 2.75) is 25.3 Å². The number of halogens is 2. The summed E-state index contributed by atoms with van der Waals surface area (Å²) in [6.45, 7) is 2.14. The van der Waals surface area contributed by atoms with Crippen LogP contribution < -0.4 is 5.73 Å². The van der Waals surface area contributed by atoms with Gasteiger partial charge in [0, 0.05) is 17.9 Å². The summed E-state index contributed by atoms with van der Waals surface area (Å²) >= 11 is 5.93. The number of hydrogen-bond acceptors (Lipinski definition) is 3. The fourth-order valence-electron chi connectivity index (χ4n) is 2.95. The zero-order valence-electron chi connectivity index (χ0n) is 12.8. The molecule has 3 rings (SSSR count). The summed E-state index contributed by atoms with van der Waals surface area (Å²) in [5.41, 5.74) is 9.75. The zero-order valence-corrected chi connectivity index (χ0v) is 14.4. The first-order chi connectivity index (χ1) is 10.5. The molecule has 1 aliphatic carbocycles. The van der Waals surface area contributed by atoms with Gasteiger partial charge in [-0.1, -0.05) is 41.9 Å². The Bertz CT molecular complexity index is 715. The van der Waals surface area contributed by atoms with Crippen LogP contribution in [0.25, 0.3) is 11.1 Å². The van der Waals surface area contributed by atoms with Gasteiger partial charge in [0.1, 0.15) is 5.54 Å². The first kappa shape index (κ1) is 17.8. The number of nitrogens with two attached hydrogens (primary N) is 1. The Hall–Kier alpha value is -1.55. The van der Waals surface area contributed by atoms with Gasteiger partial charge in [-0.05, 0) is 41.3 Å². The second-order valence-electron chi connectivity index (χ2n) is 5.72. The number of fused-ring (bicyclic) bond motifs is 1. The van der Waals surface area contributed by atoms with Gasteiger partial charge in [0.25, 0.3) is 0 Å². The minimum Gasteiger partial charge on any atom is -0.465 e. The third-order valence-electron chi connectivity index (χ3n) is 4.08. The Balaban J connectivity index is 0.00000192. The maximum atomic E-state index is 12.1. The van der Waals surface area contributed by atoms with E-state index >= 15 is 0 Å². The highest BCUT2D eigenvalue weighted by Gasteiger charge is 2.41. The monoisotopic (exact) mass is 351 g/mol. The summed E-state index contributed by atoms with van der Waals surface area (Å²) in [6.07, 6.45) is 1.05. The molecule has 1 unspecified atom stereocenters. The SMILES string of the molecule is CCOC(=O)C1(N)Cc2ccc(-c3ccc(Cl)cc3)cc2C1.Cl. The molecule has 0 saturated heterocycles. The highest BCUT2D eigenvalue weighted by atomic mass is 35.5. The summed E-state index contributed by atoms with van der Waals surface area (Å²) in [5.74, 6) is -0.320. The maximum Gasteiger partial charge on any atom is 0.326 e. The summed E-state index contributed by atoms with van der Waals surface area (Å²) in [4.78, 5) is 12.1. The summed E-state index contributed by atoms with van der Waals surface area (Å²) < 4.78 is 5.11.